The van der Waals surface area contributed by atoms with Gasteiger partial charge in [0.1, 0.15) is 5.60 Å². The Balaban J connectivity index is 2.51. The molecule has 0 bridgehead atoms. The largest absolute Gasteiger partial charge is 0.443 e. The zero-order chi connectivity index (χ0) is 17.3. The SMILES string of the molecule is CC(C)(C)OC(=O)N1CCCC(C(F)(F)F)=C1c1ccccn1. The Morgan fingerprint density at radius 2 is 1.96 bits per heavy atom. The Bertz CT molecular complexity index is 604. The molecule has 0 radical (unpaired) electrons. The molecule has 1 aliphatic heterocycles. The first-order valence-corrected chi connectivity index (χ1v) is 7.32. The summed E-state index contributed by atoms with van der Waals surface area (Å²) in [6.07, 6.45) is -3.83. The van der Waals surface area contributed by atoms with Crippen molar-refractivity contribution in [1.82, 2.24) is 9.88 Å². The van der Waals surface area contributed by atoms with Crippen molar-refractivity contribution < 1.29 is 22.7 Å². The molecule has 0 atom stereocenters. The summed E-state index contributed by atoms with van der Waals surface area (Å²) in [6.45, 7) is 5.18. The van der Waals surface area contributed by atoms with E-state index in [1.54, 1.807) is 32.9 Å². The average Bonchev–Trinajstić information content (AvgIpc) is 2.44. The maximum absolute atomic E-state index is 13.4. The van der Waals surface area contributed by atoms with Crippen LogP contribution in [0.15, 0.2) is 30.0 Å². The van der Waals surface area contributed by atoms with Crippen molar-refractivity contribution in [3.63, 3.8) is 0 Å². The molecule has 1 aromatic rings. The number of nitrogens with zero attached hydrogens (tertiary/aromatic N) is 2. The molecule has 126 valence electrons. The van der Waals surface area contributed by atoms with Gasteiger partial charge in [-0.25, -0.2) is 4.79 Å². The van der Waals surface area contributed by atoms with Gasteiger partial charge in [-0.05, 0) is 45.7 Å². The predicted molar refractivity (Wildman–Crippen MR) is 79.4 cm³/mol. The summed E-state index contributed by atoms with van der Waals surface area (Å²) < 4.78 is 45.4. The van der Waals surface area contributed by atoms with E-state index < -0.39 is 23.4 Å². The molecule has 2 heterocycles. The predicted octanol–water partition coefficient (Wildman–Crippen LogP) is 4.39. The van der Waals surface area contributed by atoms with Crippen LogP contribution < -0.4 is 0 Å². The number of pyridine rings is 1. The fourth-order valence-electron chi connectivity index (χ4n) is 2.38. The molecule has 0 aliphatic carbocycles. The minimum absolute atomic E-state index is 0.116. The van der Waals surface area contributed by atoms with Gasteiger partial charge in [-0.3, -0.25) is 9.88 Å². The number of amides is 1. The van der Waals surface area contributed by atoms with Gasteiger partial charge in [0.2, 0.25) is 0 Å². The van der Waals surface area contributed by atoms with Crippen LogP contribution in [0, 0.1) is 0 Å². The molecule has 1 aromatic heterocycles. The highest BCUT2D eigenvalue weighted by Crippen LogP contribution is 2.40. The number of alkyl halides is 3. The Kier molecular flexibility index (Phi) is 4.68. The zero-order valence-corrected chi connectivity index (χ0v) is 13.3. The zero-order valence-electron chi connectivity index (χ0n) is 13.3. The van der Waals surface area contributed by atoms with Gasteiger partial charge in [0.15, 0.2) is 0 Å². The van der Waals surface area contributed by atoms with Crippen LogP contribution in [0.2, 0.25) is 0 Å². The molecular weight excluding hydrogens is 309 g/mol. The van der Waals surface area contributed by atoms with Crippen molar-refractivity contribution in [2.45, 2.75) is 45.4 Å². The number of allylic oxidation sites excluding steroid dienone is 1. The molecule has 0 N–H and O–H groups in total. The molecule has 0 spiro atoms. The molecule has 0 saturated heterocycles. The van der Waals surface area contributed by atoms with E-state index in [1.807, 2.05) is 0 Å². The smallest absolute Gasteiger partial charge is 0.414 e. The van der Waals surface area contributed by atoms with E-state index in [0.717, 1.165) is 4.90 Å². The molecule has 0 fully saturated rings. The highest BCUT2D eigenvalue weighted by Gasteiger charge is 2.42. The molecule has 1 aliphatic rings. The number of rotatable bonds is 1. The molecule has 4 nitrogen and oxygen atoms in total. The standard InChI is InChI=1S/C16H19F3N2O2/c1-15(2,3)23-14(22)21-10-6-7-11(16(17,18)19)13(21)12-8-4-5-9-20-12/h4-5,8-9H,6-7,10H2,1-3H3. The summed E-state index contributed by atoms with van der Waals surface area (Å²) in [4.78, 5) is 17.4. The van der Waals surface area contributed by atoms with Crippen molar-refractivity contribution in [2.24, 2.45) is 0 Å². The normalized spacial score (nSPS) is 16.5. The minimum Gasteiger partial charge on any atom is -0.443 e. The second-order valence-corrected chi connectivity index (χ2v) is 6.28. The number of hydrogen-bond acceptors (Lipinski definition) is 3. The fraction of sp³-hybridized carbons (Fsp3) is 0.500. The van der Waals surface area contributed by atoms with Crippen LogP contribution in [0.25, 0.3) is 5.70 Å². The molecule has 0 unspecified atom stereocenters. The van der Waals surface area contributed by atoms with Crippen LogP contribution in [0.5, 0.6) is 0 Å². The number of carbonyl (C=O) groups is 1. The highest BCUT2D eigenvalue weighted by atomic mass is 19.4. The first kappa shape index (κ1) is 17.3. The second kappa shape index (κ2) is 6.22. The molecule has 0 aromatic carbocycles. The van der Waals surface area contributed by atoms with Crippen molar-refractivity contribution >= 4 is 11.8 Å². The lowest BCUT2D eigenvalue weighted by atomic mass is 9.99. The van der Waals surface area contributed by atoms with Crippen LogP contribution in [0.4, 0.5) is 18.0 Å². The van der Waals surface area contributed by atoms with E-state index in [1.165, 1.54) is 12.3 Å². The Hall–Kier alpha value is -2.05. The highest BCUT2D eigenvalue weighted by molar-refractivity contribution is 5.83. The molecule has 7 heteroatoms. The summed E-state index contributed by atoms with van der Waals surface area (Å²) in [7, 11) is 0. The lowest BCUT2D eigenvalue weighted by molar-refractivity contribution is -0.0953. The fourth-order valence-corrected chi connectivity index (χ4v) is 2.38. The first-order chi connectivity index (χ1) is 10.6. The molecular formula is C16H19F3N2O2. The third-order valence-corrected chi connectivity index (χ3v) is 3.23. The van der Waals surface area contributed by atoms with Crippen molar-refractivity contribution in [1.29, 1.82) is 0 Å². The van der Waals surface area contributed by atoms with E-state index >= 15 is 0 Å². The van der Waals surface area contributed by atoms with E-state index in [2.05, 4.69) is 4.98 Å². The maximum Gasteiger partial charge on any atom is 0.414 e. The molecule has 23 heavy (non-hydrogen) atoms. The minimum atomic E-state index is -4.52. The number of halogens is 3. The summed E-state index contributed by atoms with van der Waals surface area (Å²) in [6, 6.07) is 4.66. The summed E-state index contributed by atoms with van der Waals surface area (Å²) >= 11 is 0. The summed E-state index contributed by atoms with van der Waals surface area (Å²) in [5.74, 6) is 0. The molecule has 0 saturated carbocycles. The van der Waals surface area contributed by atoms with Gasteiger partial charge in [-0.15, -0.1) is 0 Å². The van der Waals surface area contributed by atoms with Crippen LogP contribution >= 0.6 is 0 Å². The summed E-state index contributed by atoms with van der Waals surface area (Å²) in [5.41, 5.74) is -1.63. The number of carbonyl (C=O) groups excluding carboxylic acids is 1. The van der Waals surface area contributed by atoms with Gasteiger partial charge in [-0.2, -0.15) is 13.2 Å². The maximum atomic E-state index is 13.4. The average molecular weight is 328 g/mol. The third-order valence-electron chi connectivity index (χ3n) is 3.23. The monoisotopic (exact) mass is 328 g/mol. The van der Waals surface area contributed by atoms with Crippen LogP contribution in [0.3, 0.4) is 0 Å². The lowest BCUT2D eigenvalue weighted by Gasteiger charge is -2.34. The van der Waals surface area contributed by atoms with Crippen LogP contribution in [0.1, 0.15) is 39.3 Å². The van der Waals surface area contributed by atoms with Crippen molar-refractivity contribution in [3.8, 4) is 0 Å². The lowest BCUT2D eigenvalue weighted by Crippen LogP contribution is -2.40. The number of hydrogen-bond donors (Lipinski definition) is 0. The van der Waals surface area contributed by atoms with Gasteiger partial charge >= 0.3 is 12.3 Å². The molecule has 1 amide bonds. The van der Waals surface area contributed by atoms with E-state index in [4.69, 9.17) is 4.74 Å². The van der Waals surface area contributed by atoms with Gasteiger partial charge in [0.25, 0.3) is 0 Å². The second-order valence-electron chi connectivity index (χ2n) is 6.28. The third kappa shape index (κ3) is 4.24. The van der Waals surface area contributed by atoms with Gasteiger partial charge in [0, 0.05) is 12.7 Å². The van der Waals surface area contributed by atoms with E-state index in [0.29, 0.717) is 0 Å². The topological polar surface area (TPSA) is 42.4 Å². The van der Waals surface area contributed by atoms with Crippen molar-refractivity contribution in [3.05, 3.63) is 35.7 Å². The van der Waals surface area contributed by atoms with E-state index in [-0.39, 0.29) is 30.8 Å². The Labute approximate surface area is 133 Å². The summed E-state index contributed by atoms with van der Waals surface area (Å²) in [5, 5.41) is 0. The number of aromatic nitrogens is 1. The number of ether oxygens (including phenoxy) is 1. The van der Waals surface area contributed by atoms with Gasteiger partial charge in [0.05, 0.1) is 17.0 Å². The van der Waals surface area contributed by atoms with Crippen LogP contribution in [-0.2, 0) is 4.74 Å². The van der Waals surface area contributed by atoms with Crippen LogP contribution in [-0.4, -0.2) is 34.3 Å². The first-order valence-electron chi connectivity index (χ1n) is 7.32. The van der Waals surface area contributed by atoms with Gasteiger partial charge < -0.3 is 4.74 Å². The Morgan fingerprint density at radius 1 is 1.26 bits per heavy atom. The van der Waals surface area contributed by atoms with Crippen molar-refractivity contribution in [2.75, 3.05) is 6.54 Å². The Morgan fingerprint density at radius 3 is 2.48 bits per heavy atom. The molecule has 2 rings (SSSR count). The van der Waals surface area contributed by atoms with E-state index in [9.17, 15) is 18.0 Å². The quantitative estimate of drug-likeness (QED) is 0.768. The van der Waals surface area contributed by atoms with Gasteiger partial charge in [-0.1, -0.05) is 6.07 Å².